The number of fused-ring (bicyclic) bond motifs is 6. The van der Waals surface area contributed by atoms with Gasteiger partial charge in [0.05, 0.1) is 67.3 Å². The van der Waals surface area contributed by atoms with Gasteiger partial charge in [-0.2, -0.15) is 57.9 Å². The lowest BCUT2D eigenvalue weighted by atomic mass is 9.95. The Kier molecular flexibility index (Phi) is 9.99. The second-order valence-corrected chi connectivity index (χ2v) is 15.9. The van der Waals surface area contributed by atoms with Crippen LogP contribution in [0.4, 0.5) is 52.7 Å². The Bertz CT molecular complexity index is 3710. The van der Waals surface area contributed by atoms with Crippen LogP contribution in [-0.4, -0.2) is 14.1 Å². The summed E-state index contributed by atoms with van der Waals surface area (Å²) < 4.78 is 171. The first-order chi connectivity index (χ1) is 32.2. The van der Waals surface area contributed by atoms with Crippen molar-refractivity contribution in [3.63, 3.8) is 0 Å². The molecule has 0 fully saturated rings. The van der Waals surface area contributed by atoms with Crippen molar-refractivity contribution in [2.75, 3.05) is 0 Å². The van der Waals surface area contributed by atoms with Crippen molar-refractivity contribution in [2.24, 2.45) is 0 Å². The van der Waals surface area contributed by atoms with Gasteiger partial charge in [-0.1, -0.05) is 60.7 Å². The predicted molar refractivity (Wildman–Crippen MR) is 234 cm³/mol. The maximum absolute atomic E-state index is 14.3. The van der Waals surface area contributed by atoms with E-state index in [-0.39, 0.29) is 28.8 Å². The highest BCUT2D eigenvalue weighted by molar-refractivity contribution is 6.12. The molecule has 338 valence electrons. The lowest BCUT2D eigenvalue weighted by Crippen LogP contribution is -2.12. The quantitative estimate of drug-likeness (QED) is 0.161. The molecule has 10 aromatic rings. The van der Waals surface area contributed by atoms with Crippen LogP contribution in [0, 0.1) is 11.3 Å². The summed E-state index contributed by atoms with van der Waals surface area (Å²) in [7, 11) is 0. The Hall–Kier alpha value is -8.06. The summed E-state index contributed by atoms with van der Waals surface area (Å²) in [6, 6.07) is 36.6. The van der Waals surface area contributed by atoms with Gasteiger partial charge in [-0.05, 0) is 113 Å². The third-order valence-electron chi connectivity index (χ3n) is 11.9. The molecule has 7 aromatic carbocycles. The minimum Gasteiger partial charge on any atom is -0.309 e. The fourth-order valence-electron chi connectivity index (χ4n) is 8.94. The molecule has 68 heavy (non-hydrogen) atoms. The van der Waals surface area contributed by atoms with Crippen LogP contribution in [0.25, 0.3) is 88.5 Å². The van der Waals surface area contributed by atoms with Crippen molar-refractivity contribution in [3.05, 3.63) is 186 Å². The van der Waals surface area contributed by atoms with E-state index in [0.717, 1.165) is 12.1 Å². The first-order valence-electron chi connectivity index (χ1n) is 20.4. The van der Waals surface area contributed by atoms with Gasteiger partial charge in [0.25, 0.3) is 0 Å². The van der Waals surface area contributed by atoms with Crippen molar-refractivity contribution in [3.8, 4) is 51.0 Å². The van der Waals surface area contributed by atoms with Gasteiger partial charge in [-0.25, -0.2) is 0 Å². The van der Waals surface area contributed by atoms with E-state index in [1.54, 1.807) is 91.0 Å². The van der Waals surface area contributed by atoms with Crippen LogP contribution in [0.3, 0.4) is 0 Å². The van der Waals surface area contributed by atoms with E-state index in [9.17, 15) is 57.9 Å². The van der Waals surface area contributed by atoms with E-state index in [1.807, 2.05) is 9.13 Å². The molecule has 10 rings (SSSR count). The van der Waals surface area contributed by atoms with E-state index in [4.69, 9.17) is 4.98 Å². The Labute approximate surface area is 376 Å². The summed E-state index contributed by atoms with van der Waals surface area (Å²) in [5.74, 6) is 0. The molecule has 0 aliphatic rings. The largest absolute Gasteiger partial charge is 0.417 e. The minimum atomic E-state index is -5.11. The number of alkyl halides is 12. The Balaban J connectivity index is 1.13. The number of hydrogen-bond acceptors (Lipinski definition) is 2. The molecule has 0 spiro atoms. The topological polar surface area (TPSA) is 46.5 Å². The van der Waals surface area contributed by atoms with Gasteiger partial charge in [-0.15, -0.1) is 0 Å². The third-order valence-corrected chi connectivity index (χ3v) is 11.9. The zero-order valence-corrected chi connectivity index (χ0v) is 34.3. The van der Waals surface area contributed by atoms with Crippen LogP contribution >= 0.6 is 0 Å². The third kappa shape index (κ3) is 7.44. The van der Waals surface area contributed by atoms with Gasteiger partial charge in [0.2, 0.25) is 0 Å². The van der Waals surface area contributed by atoms with Gasteiger partial charge < -0.3 is 9.13 Å². The molecule has 0 saturated heterocycles. The molecule has 0 unspecified atom stereocenters. The van der Waals surface area contributed by atoms with E-state index < -0.39 is 58.1 Å². The van der Waals surface area contributed by atoms with Gasteiger partial charge >= 0.3 is 24.7 Å². The molecule has 0 amide bonds. The van der Waals surface area contributed by atoms with Crippen LogP contribution in [0.15, 0.2) is 158 Å². The second kappa shape index (κ2) is 15.5. The van der Waals surface area contributed by atoms with Crippen molar-refractivity contribution in [2.45, 2.75) is 24.7 Å². The number of hydrogen-bond donors (Lipinski definition) is 0. The Morgan fingerprint density at radius 2 is 0.897 bits per heavy atom. The standard InChI is InChI=1S/C52H26F12N4/c53-49(54,55)31-12-14-34(41(24-31)51(59,60)61)29-10-17-46-38(22-29)36-5-1-3-7-44(36)67(46)33-19-20-66-43(26-33)40-21-28(27-65)9-16-48(40)68-45-8-4-2-6-37(45)39-23-30(11-18-47(39)68)35-15-13-32(50(56,57)58)25-42(35)52(62,63)64/h1-26H. The summed E-state index contributed by atoms with van der Waals surface area (Å²) in [4.78, 5) is 4.70. The minimum absolute atomic E-state index is 0.0225. The maximum atomic E-state index is 14.3. The number of nitriles is 1. The second-order valence-electron chi connectivity index (χ2n) is 15.9. The number of benzene rings is 7. The molecular formula is C52H26F12N4. The zero-order valence-electron chi connectivity index (χ0n) is 34.3. The molecule has 16 heteroatoms. The number of nitrogens with zero attached hydrogens (tertiary/aromatic N) is 4. The van der Waals surface area contributed by atoms with Gasteiger partial charge in [0.1, 0.15) is 0 Å². The SMILES string of the molecule is N#Cc1ccc(-n2c3ccccc3c3cc(-c4ccc(C(F)(F)F)cc4C(F)(F)F)ccc32)c(-c2cc(-n3c4ccccc4c4cc(-c5ccc(C(F)(F)F)cc5C(F)(F)F)ccc43)ccn2)c1. The van der Waals surface area contributed by atoms with E-state index in [1.165, 1.54) is 30.5 Å². The van der Waals surface area contributed by atoms with Crippen molar-refractivity contribution in [1.82, 2.24) is 14.1 Å². The van der Waals surface area contributed by atoms with Crippen LogP contribution in [0.2, 0.25) is 0 Å². The average Bonchev–Trinajstić information content (AvgIpc) is 3.82. The maximum Gasteiger partial charge on any atom is 0.417 e. The predicted octanol–water partition coefficient (Wildman–Crippen LogP) is 16.2. The highest BCUT2D eigenvalue weighted by atomic mass is 19.4. The van der Waals surface area contributed by atoms with Crippen LogP contribution in [0.5, 0.6) is 0 Å². The molecule has 0 atom stereocenters. The van der Waals surface area contributed by atoms with Gasteiger partial charge in [0, 0.05) is 39.0 Å². The molecule has 0 aliphatic heterocycles. The van der Waals surface area contributed by atoms with Gasteiger partial charge in [0.15, 0.2) is 0 Å². The summed E-state index contributed by atoms with van der Waals surface area (Å²) in [6.07, 6.45) is -18.7. The Morgan fingerprint density at radius 1 is 0.412 bits per heavy atom. The molecule has 0 radical (unpaired) electrons. The molecule has 0 N–H and O–H groups in total. The van der Waals surface area contributed by atoms with E-state index in [2.05, 4.69) is 6.07 Å². The first-order valence-corrected chi connectivity index (χ1v) is 20.4. The van der Waals surface area contributed by atoms with Crippen LogP contribution < -0.4 is 0 Å². The summed E-state index contributed by atoms with van der Waals surface area (Å²) in [5.41, 5.74) is -2.20. The molecule has 0 saturated carbocycles. The molecular weight excluding hydrogens is 909 g/mol. The van der Waals surface area contributed by atoms with Crippen molar-refractivity contribution < 1.29 is 52.7 Å². The normalized spacial score (nSPS) is 12.7. The number of rotatable bonds is 5. The zero-order chi connectivity index (χ0) is 48.1. The van der Waals surface area contributed by atoms with Crippen molar-refractivity contribution >= 4 is 43.6 Å². The Morgan fingerprint density at radius 3 is 1.40 bits per heavy atom. The smallest absolute Gasteiger partial charge is 0.309 e. The fraction of sp³-hybridized carbons (Fsp3) is 0.0769. The lowest BCUT2D eigenvalue weighted by Gasteiger charge is -2.17. The monoisotopic (exact) mass is 934 g/mol. The summed E-state index contributed by atoms with van der Waals surface area (Å²) >= 11 is 0. The van der Waals surface area contributed by atoms with E-state index in [0.29, 0.717) is 78.4 Å². The number of aromatic nitrogens is 3. The lowest BCUT2D eigenvalue weighted by molar-refractivity contribution is -0.144. The molecule has 4 nitrogen and oxygen atoms in total. The molecule has 3 aromatic heterocycles. The summed E-state index contributed by atoms with van der Waals surface area (Å²) in [5, 5.41) is 12.3. The summed E-state index contributed by atoms with van der Waals surface area (Å²) in [6.45, 7) is 0. The highest BCUT2D eigenvalue weighted by Crippen LogP contribution is 2.46. The molecule has 0 bridgehead atoms. The van der Waals surface area contributed by atoms with E-state index >= 15 is 0 Å². The number of pyridine rings is 1. The number of halogens is 12. The average molecular weight is 935 g/mol. The van der Waals surface area contributed by atoms with Crippen LogP contribution in [0.1, 0.15) is 27.8 Å². The first kappa shape index (κ1) is 43.8. The molecule has 0 aliphatic carbocycles. The van der Waals surface area contributed by atoms with Crippen molar-refractivity contribution in [1.29, 1.82) is 5.26 Å². The fourth-order valence-corrected chi connectivity index (χ4v) is 8.94. The van der Waals surface area contributed by atoms with Crippen LogP contribution in [-0.2, 0) is 24.7 Å². The molecule has 3 heterocycles. The number of para-hydroxylation sites is 2. The highest BCUT2D eigenvalue weighted by Gasteiger charge is 2.40. The van der Waals surface area contributed by atoms with Gasteiger partial charge in [-0.3, -0.25) is 4.98 Å².